The van der Waals surface area contributed by atoms with Crippen LogP contribution in [0.15, 0.2) is 41.3 Å². The maximum Gasteiger partial charge on any atom is 0.263 e. The minimum Gasteiger partial charge on any atom is -0.364 e. The number of anilines is 1. The third-order valence-electron chi connectivity index (χ3n) is 3.59. The molecule has 5 heteroatoms. The van der Waals surface area contributed by atoms with Crippen molar-refractivity contribution >= 4 is 17.4 Å². The molecular formula is C16H14N2O3. The molecule has 3 rings (SSSR count). The third kappa shape index (κ3) is 2.27. The van der Waals surface area contributed by atoms with Crippen molar-refractivity contribution < 1.29 is 9.59 Å². The highest BCUT2D eigenvalue weighted by Gasteiger charge is 2.28. The zero-order chi connectivity index (χ0) is 15.0. The average molecular weight is 282 g/mol. The number of benzene rings is 1. The number of hydrogen-bond acceptors (Lipinski definition) is 3. The Morgan fingerprint density at radius 1 is 1.24 bits per heavy atom. The summed E-state index contributed by atoms with van der Waals surface area (Å²) < 4.78 is 0. The van der Waals surface area contributed by atoms with Crippen LogP contribution >= 0.6 is 0 Å². The highest BCUT2D eigenvalue weighted by Crippen LogP contribution is 2.27. The van der Waals surface area contributed by atoms with Crippen LogP contribution in [0.5, 0.6) is 0 Å². The molecular weight excluding hydrogens is 268 g/mol. The molecule has 0 saturated carbocycles. The highest BCUT2D eigenvalue weighted by atomic mass is 16.2. The minimum atomic E-state index is -0.379. The van der Waals surface area contributed by atoms with E-state index in [2.05, 4.69) is 4.98 Å². The van der Waals surface area contributed by atoms with Crippen molar-refractivity contribution in [2.75, 3.05) is 11.4 Å². The van der Waals surface area contributed by atoms with Crippen LogP contribution in [0.25, 0.3) is 0 Å². The van der Waals surface area contributed by atoms with Crippen LogP contribution in [0.4, 0.5) is 5.69 Å². The number of hydrogen-bond donors (Lipinski definition) is 1. The minimum absolute atomic E-state index is 0.0208. The molecule has 2 heterocycles. The summed E-state index contributed by atoms with van der Waals surface area (Å²) in [6, 6.07) is 8.37. The lowest BCUT2D eigenvalue weighted by molar-refractivity contribution is 0.0954. The Labute approximate surface area is 121 Å². The molecule has 0 atom stereocenters. The number of aromatic nitrogens is 1. The first-order chi connectivity index (χ1) is 10.1. The molecule has 1 N–H and O–H groups in total. The Hall–Kier alpha value is -2.69. The van der Waals surface area contributed by atoms with E-state index in [1.54, 1.807) is 31.2 Å². The molecule has 1 amide bonds. The second-order valence-electron chi connectivity index (χ2n) is 5.04. The number of carbonyl (C=O) groups is 2. The number of rotatable bonds is 1. The molecule has 0 fully saturated rings. The monoisotopic (exact) mass is 282 g/mol. The molecule has 2 aromatic rings. The number of aryl methyl sites for hydroxylation is 1. The van der Waals surface area contributed by atoms with Crippen LogP contribution in [0.1, 0.15) is 32.8 Å². The topological polar surface area (TPSA) is 70.2 Å². The van der Waals surface area contributed by atoms with E-state index in [-0.39, 0.29) is 29.1 Å². The maximum absolute atomic E-state index is 12.6. The predicted octanol–water partition coefficient (Wildman–Crippen LogP) is 1.92. The summed E-state index contributed by atoms with van der Waals surface area (Å²) >= 11 is 0. The van der Waals surface area contributed by atoms with Gasteiger partial charge in [-0.2, -0.15) is 0 Å². The van der Waals surface area contributed by atoms with E-state index in [4.69, 9.17) is 0 Å². The van der Waals surface area contributed by atoms with Gasteiger partial charge in [-0.15, -0.1) is 0 Å². The van der Waals surface area contributed by atoms with Crippen LogP contribution in [-0.2, 0) is 0 Å². The lowest BCUT2D eigenvalue weighted by Gasteiger charge is -2.28. The van der Waals surface area contributed by atoms with Crippen molar-refractivity contribution in [3.63, 3.8) is 0 Å². The van der Waals surface area contributed by atoms with Gasteiger partial charge in [0, 0.05) is 36.5 Å². The van der Waals surface area contributed by atoms with Gasteiger partial charge >= 0.3 is 0 Å². The van der Waals surface area contributed by atoms with E-state index in [1.165, 1.54) is 17.2 Å². The van der Waals surface area contributed by atoms with E-state index < -0.39 is 0 Å². The SMILES string of the molecule is Cc1cc(=O)c(C(=O)N2CCC(=O)c3ccccc32)c[nH]1. The molecule has 1 aromatic carbocycles. The van der Waals surface area contributed by atoms with Crippen LogP contribution in [-0.4, -0.2) is 23.2 Å². The number of Topliss-reactive ketones (excluding diaryl/α,β-unsaturated/α-hetero) is 1. The molecule has 0 radical (unpaired) electrons. The third-order valence-corrected chi connectivity index (χ3v) is 3.59. The molecule has 1 aliphatic rings. The number of aromatic amines is 1. The van der Waals surface area contributed by atoms with Gasteiger partial charge in [-0.1, -0.05) is 12.1 Å². The largest absolute Gasteiger partial charge is 0.364 e. The van der Waals surface area contributed by atoms with E-state index in [0.29, 0.717) is 23.5 Å². The molecule has 21 heavy (non-hydrogen) atoms. The van der Waals surface area contributed by atoms with Gasteiger partial charge in [0.25, 0.3) is 5.91 Å². The fourth-order valence-corrected chi connectivity index (χ4v) is 2.51. The van der Waals surface area contributed by atoms with Crippen LogP contribution < -0.4 is 10.3 Å². The molecule has 0 unspecified atom stereocenters. The van der Waals surface area contributed by atoms with Crippen LogP contribution in [0.2, 0.25) is 0 Å². The van der Waals surface area contributed by atoms with Crippen LogP contribution in [0, 0.1) is 6.92 Å². The van der Waals surface area contributed by atoms with Gasteiger partial charge in [0.05, 0.1) is 5.69 Å². The molecule has 1 aliphatic heterocycles. The number of para-hydroxylation sites is 1. The summed E-state index contributed by atoms with van der Waals surface area (Å²) in [4.78, 5) is 40.8. The van der Waals surface area contributed by atoms with Crippen molar-refractivity contribution in [2.45, 2.75) is 13.3 Å². The first kappa shape index (κ1) is 13.3. The van der Waals surface area contributed by atoms with Crippen molar-refractivity contribution in [2.24, 2.45) is 0 Å². The van der Waals surface area contributed by atoms with Gasteiger partial charge < -0.3 is 9.88 Å². The normalized spacial score (nSPS) is 14.0. The Balaban J connectivity index is 2.05. The average Bonchev–Trinajstić information content (AvgIpc) is 2.47. The van der Waals surface area contributed by atoms with Crippen LogP contribution in [0.3, 0.4) is 0 Å². The smallest absolute Gasteiger partial charge is 0.263 e. The number of nitrogens with zero attached hydrogens (tertiary/aromatic N) is 1. The first-order valence-electron chi connectivity index (χ1n) is 6.71. The van der Waals surface area contributed by atoms with Crippen molar-refractivity contribution in [3.05, 3.63) is 63.6 Å². The van der Waals surface area contributed by atoms with E-state index in [0.717, 1.165) is 0 Å². The quantitative estimate of drug-likeness (QED) is 0.868. The number of pyridine rings is 1. The lowest BCUT2D eigenvalue weighted by atomic mass is 9.99. The standard InChI is InChI=1S/C16H14N2O3/c1-10-8-15(20)12(9-17-10)16(21)18-7-6-14(19)11-4-2-3-5-13(11)18/h2-5,8-9H,6-7H2,1H3,(H,17,20). The number of carbonyl (C=O) groups excluding carboxylic acids is 2. The molecule has 0 bridgehead atoms. The van der Waals surface area contributed by atoms with Gasteiger partial charge in [0.1, 0.15) is 5.56 Å². The van der Waals surface area contributed by atoms with Gasteiger partial charge in [0.2, 0.25) is 0 Å². The Morgan fingerprint density at radius 3 is 2.76 bits per heavy atom. The molecule has 0 aliphatic carbocycles. The lowest BCUT2D eigenvalue weighted by Crippen LogP contribution is -2.39. The van der Waals surface area contributed by atoms with Crippen molar-refractivity contribution in [1.29, 1.82) is 0 Å². The summed E-state index contributed by atoms with van der Waals surface area (Å²) in [7, 11) is 0. The molecule has 0 saturated heterocycles. The number of ketones is 1. The second-order valence-corrected chi connectivity index (χ2v) is 5.04. The van der Waals surface area contributed by atoms with Gasteiger partial charge in [0.15, 0.2) is 11.2 Å². The van der Waals surface area contributed by atoms with Gasteiger partial charge in [-0.05, 0) is 19.1 Å². The molecule has 5 nitrogen and oxygen atoms in total. The number of fused-ring (bicyclic) bond motifs is 1. The van der Waals surface area contributed by atoms with Crippen molar-refractivity contribution in [1.82, 2.24) is 4.98 Å². The summed E-state index contributed by atoms with van der Waals surface area (Å²) in [5, 5.41) is 0. The highest BCUT2D eigenvalue weighted by molar-refractivity contribution is 6.13. The Bertz CT molecular complexity index is 792. The summed E-state index contributed by atoms with van der Waals surface area (Å²) in [5.74, 6) is -0.358. The first-order valence-corrected chi connectivity index (χ1v) is 6.71. The summed E-state index contributed by atoms with van der Waals surface area (Å²) in [6.45, 7) is 2.05. The zero-order valence-corrected chi connectivity index (χ0v) is 11.6. The van der Waals surface area contributed by atoms with E-state index >= 15 is 0 Å². The molecule has 106 valence electrons. The Morgan fingerprint density at radius 2 is 2.00 bits per heavy atom. The zero-order valence-electron chi connectivity index (χ0n) is 11.6. The van der Waals surface area contributed by atoms with E-state index in [1.807, 2.05) is 0 Å². The maximum atomic E-state index is 12.6. The predicted molar refractivity (Wildman–Crippen MR) is 78.9 cm³/mol. The van der Waals surface area contributed by atoms with Crippen molar-refractivity contribution in [3.8, 4) is 0 Å². The summed E-state index contributed by atoms with van der Waals surface area (Å²) in [5.41, 5.74) is 1.57. The number of H-pyrrole nitrogens is 1. The van der Waals surface area contributed by atoms with E-state index in [9.17, 15) is 14.4 Å². The molecule has 0 spiro atoms. The second kappa shape index (κ2) is 5.01. The number of amides is 1. The summed E-state index contributed by atoms with van der Waals surface area (Å²) in [6.07, 6.45) is 1.70. The number of nitrogens with one attached hydrogen (secondary N) is 1. The van der Waals surface area contributed by atoms with Gasteiger partial charge in [-0.25, -0.2) is 0 Å². The fourth-order valence-electron chi connectivity index (χ4n) is 2.51. The molecule has 1 aromatic heterocycles. The van der Waals surface area contributed by atoms with Gasteiger partial charge in [-0.3, -0.25) is 14.4 Å². The fraction of sp³-hybridized carbons (Fsp3) is 0.188. The Kier molecular flexibility index (Phi) is 3.17.